The van der Waals surface area contributed by atoms with Gasteiger partial charge in [-0.05, 0) is 6.92 Å². The fraction of sp³-hybridized carbons (Fsp3) is 0.500. The van der Waals surface area contributed by atoms with Crippen LogP contribution in [0.5, 0.6) is 0 Å². The topological polar surface area (TPSA) is 65.4 Å². The van der Waals surface area contributed by atoms with Crippen LogP contribution in [0.3, 0.4) is 0 Å². The third kappa shape index (κ3) is 1.37. The van der Waals surface area contributed by atoms with Crippen molar-refractivity contribution in [2.24, 2.45) is 10.7 Å². The maximum absolute atomic E-state index is 5.42. The fourth-order valence-corrected chi connectivity index (χ4v) is 1.42. The average molecular weight is 180 g/mol. The van der Waals surface area contributed by atoms with E-state index in [4.69, 9.17) is 10.5 Å². The van der Waals surface area contributed by atoms with Gasteiger partial charge >= 0.3 is 0 Å². The van der Waals surface area contributed by atoms with E-state index in [-0.39, 0.29) is 12.1 Å². The van der Waals surface area contributed by atoms with Crippen LogP contribution in [0.4, 0.5) is 0 Å². The summed E-state index contributed by atoms with van der Waals surface area (Å²) >= 11 is 0. The molecule has 5 nitrogen and oxygen atoms in total. The number of hydrogen-bond donors (Lipinski definition) is 1. The number of aliphatic imine (C=N–C) groups is 1. The van der Waals surface area contributed by atoms with E-state index in [1.54, 1.807) is 12.5 Å². The summed E-state index contributed by atoms with van der Waals surface area (Å²) in [6.07, 6.45) is 3.60. The summed E-state index contributed by atoms with van der Waals surface area (Å²) < 4.78 is 7.11. The molecule has 0 spiro atoms. The number of aryl methyl sites for hydroxylation is 1. The maximum atomic E-state index is 5.42. The van der Waals surface area contributed by atoms with Crippen molar-refractivity contribution in [1.29, 1.82) is 0 Å². The van der Waals surface area contributed by atoms with E-state index in [0.717, 1.165) is 12.2 Å². The predicted octanol–water partition coefficient (Wildman–Crippen LogP) is 0.289. The Bertz CT molecular complexity index is 331. The fourth-order valence-electron chi connectivity index (χ4n) is 1.42. The Morgan fingerprint density at radius 2 is 2.62 bits per heavy atom. The van der Waals surface area contributed by atoms with Gasteiger partial charge in [0, 0.05) is 6.54 Å². The Morgan fingerprint density at radius 3 is 3.23 bits per heavy atom. The van der Waals surface area contributed by atoms with Crippen molar-refractivity contribution < 1.29 is 4.74 Å². The Balaban J connectivity index is 2.25. The number of amidine groups is 1. The Kier molecular flexibility index (Phi) is 1.92. The molecule has 0 saturated carbocycles. The van der Waals surface area contributed by atoms with Crippen LogP contribution in [-0.4, -0.2) is 22.2 Å². The van der Waals surface area contributed by atoms with Crippen molar-refractivity contribution in [3.63, 3.8) is 0 Å². The summed E-state index contributed by atoms with van der Waals surface area (Å²) in [7, 11) is 0. The molecule has 1 unspecified atom stereocenters. The molecular formula is C8H12N4O. The second kappa shape index (κ2) is 3.08. The van der Waals surface area contributed by atoms with Gasteiger partial charge < -0.3 is 15.0 Å². The summed E-state index contributed by atoms with van der Waals surface area (Å²) in [6.45, 7) is 3.48. The van der Waals surface area contributed by atoms with Gasteiger partial charge in [0.05, 0.1) is 18.2 Å². The van der Waals surface area contributed by atoms with Gasteiger partial charge in [0.15, 0.2) is 0 Å². The summed E-state index contributed by atoms with van der Waals surface area (Å²) in [5.74, 6) is 0. The van der Waals surface area contributed by atoms with Crippen LogP contribution in [0.1, 0.15) is 18.7 Å². The molecule has 0 bridgehead atoms. The van der Waals surface area contributed by atoms with Gasteiger partial charge in [-0.25, -0.2) is 9.98 Å². The van der Waals surface area contributed by atoms with Gasteiger partial charge in [-0.1, -0.05) is 0 Å². The molecule has 1 aliphatic rings. The molecule has 0 aliphatic carbocycles. The molecule has 1 atom stereocenters. The Labute approximate surface area is 76.2 Å². The lowest BCUT2D eigenvalue weighted by Gasteiger charge is -2.07. The number of nitrogens with two attached hydrogens (primary N) is 1. The zero-order chi connectivity index (χ0) is 9.26. The zero-order valence-electron chi connectivity index (χ0n) is 7.47. The van der Waals surface area contributed by atoms with Gasteiger partial charge in [-0.3, -0.25) is 0 Å². The second-order valence-corrected chi connectivity index (χ2v) is 2.90. The molecule has 0 fully saturated rings. The first-order valence-corrected chi connectivity index (χ1v) is 4.27. The van der Waals surface area contributed by atoms with Gasteiger partial charge in [0.1, 0.15) is 12.6 Å². The largest absolute Gasteiger partial charge is 0.463 e. The molecule has 13 heavy (non-hydrogen) atoms. The smallest absolute Gasteiger partial charge is 0.282 e. The lowest BCUT2D eigenvalue weighted by Crippen LogP contribution is -2.10. The minimum absolute atomic E-state index is 0.0162. The van der Waals surface area contributed by atoms with Crippen LogP contribution in [0.25, 0.3) is 0 Å². The van der Waals surface area contributed by atoms with E-state index in [9.17, 15) is 0 Å². The average Bonchev–Trinajstić information content (AvgIpc) is 2.71. The quantitative estimate of drug-likeness (QED) is 0.711. The lowest BCUT2D eigenvalue weighted by atomic mass is 10.2. The maximum Gasteiger partial charge on any atom is 0.282 e. The highest BCUT2D eigenvalue weighted by Crippen LogP contribution is 2.21. The van der Waals surface area contributed by atoms with Crippen molar-refractivity contribution in [3.05, 3.63) is 18.2 Å². The van der Waals surface area contributed by atoms with E-state index >= 15 is 0 Å². The summed E-state index contributed by atoms with van der Waals surface area (Å²) in [4.78, 5) is 8.21. The Morgan fingerprint density at radius 1 is 1.77 bits per heavy atom. The number of rotatable bonds is 2. The Hall–Kier alpha value is -1.52. The third-order valence-corrected chi connectivity index (χ3v) is 2.10. The molecule has 0 saturated heterocycles. The summed E-state index contributed by atoms with van der Waals surface area (Å²) in [6, 6.07) is 0.288. The van der Waals surface area contributed by atoms with Crippen LogP contribution >= 0.6 is 0 Å². The minimum Gasteiger partial charge on any atom is -0.463 e. The zero-order valence-corrected chi connectivity index (χ0v) is 7.47. The number of ether oxygens (including phenoxy) is 1. The molecule has 2 heterocycles. The molecule has 2 N–H and O–H groups in total. The van der Waals surface area contributed by atoms with Gasteiger partial charge in [0.2, 0.25) is 0 Å². The van der Waals surface area contributed by atoms with E-state index in [2.05, 4.69) is 16.9 Å². The van der Waals surface area contributed by atoms with E-state index < -0.39 is 0 Å². The molecule has 1 aliphatic heterocycles. The molecule has 0 aromatic carbocycles. The van der Waals surface area contributed by atoms with Gasteiger partial charge in [0.25, 0.3) is 6.02 Å². The molecule has 2 rings (SSSR count). The summed E-state index contributed by atoms with van der Waals surface area (Å²) in [5.41, 5.74) is 6.48. The second-order valence-electron chi connectivity index (χ2n) is 2.90. The molecule has 70 valence electrons. The standard InChI is InChI=1S/C8H12N4O/c1-2-12-5-10-3-7(12)6-4-13-8(9)11-6/h3,5-6H,2,4H2,1H3,(H2,9,11). The minimum atomic E-state index is 0.0162. The highest BCUT2D eigenvalue weighted by Gasteiger charge is 2.21. The first-order chi connectivity index (χ1) is 6.31. The van der Waals surface area contributed by atoms with Crippen LogP contribution in [0.2, 0.25) is 0 Å². The van der Waals surface area contributed by atoms with Crippen molar-refractivity contribution >= 4 is 6.02 Å². The van der Waals surface area contributed by atoms with Crippen LogP contribution in [-0.2, 0) is 11.3 Å². The highest BCUT2D eigenvalue weighted by atomic mass is 16.5. The van der Waals surface area contributed by atoms with Gasteiger partial charge in [-0.15, -0.1) is 0 Å². The van der Waals surface area contributed by atoms with E-state index in [0.29, 0.717) is 6.61 Å². The number of hydrogen-bond acceptors (Lipinski definition) is 4. The first-order valence-electron chi connectivity index (χ1n) is 4.27. The molecule has 0 amide bonds. The van der Waals surface area contributed by atoms with E-state index in [1.165, 1.54) is 0 Å². The van der Waals surface area contributed by atoms with E-state index in [1.807, 2.05) is 4.57 Å². The third-order valence-electron chi connectivity index (χ3n) is 2.10. The molecule has 1 aromatic heterocycles. The number of aromatic nitrogens is 2. The van der Waals surface area contributed by atoms with Gasteiger partial charge in [-0.2, -0.15) is 0 Å². The molecule has 5 heteroatoms. The normalized spacial score (nSPS) is 21.3. The van der Waals surface area contributed by atoms with Crippen molar-refractivity contribution in [2.75, 3.05) is 6.61 Å². The SMILES string of the molecule is CCn1cncc1C1COC(N)=N1. The lowest BCUT2D eigenvalue weighted by molar-refractivity contribution is 0.311. The van der Waals surface area contributed by atoms with Crippen molar-refractivity contribution in [3.8, 4) is 0 Å². The molecule has 0 radical (unpaired) electrons. The van der Waals surface area contributed by atoms with Crippen LogP contribution < -0.4 is 5.73 Å². The monoisotopic (exact) mass is 180 g/mol. The van der Waals surface area contributed by atoms with Crippen molar-refractivity contribution in [2.45, 2.75) is 19.5 Å². The van der Waals surface area contributed by atoms with Crippen LogP contribution in [0.15, 0.2) is 17.5 Å². The first kappa shape index (κ1) is 8.10. The number of imidazole rings is 1. The summed E-state index contributed by atoms with van der Waals surface area (Å²) in [5, 5.41) is 0. The highest BCUT2D eigenvalue weighted by molar-refractivity contribution is 5.73. The number of nitrogens with zero attached hydrogens (tertiary/aromatic N) is 3. The van der Waals surface area contributed by atoms with Crippen LogP contribution in [0, 0.1) is 0 Å². The molecule has 1 aromatic rings. The van der Waals surface area contributed by atoms with Crippen molar-refractivity contribution in [1.82, 2.24) is 9.55 Å². The predicted molar refractivity (Wildman–Crippen MR) is 48.2 cm³/mol. The molecular weight excluding hydrogens is 168 g/mol.